The molecule has 0 aliphatic rings. The number of methoxy groups -OCH3 is 1. The van der Waals surface area contributed by atoms with Gasteiger partial charge in [0, 0.05) is 0 Å². The van der Waals surface area contributed by atoms with Gasteiger partial charge < -0.3 is 9.84 Å². The maximum atomic E-state index is 11.1. The van der Waals surface area contributed by atoms with Gasteiger partial charge in [-0.2, -0.15) is 0 Å². The van der Waals surface area contributed by atoms with E-state index in [4.69, 9.17) is 4.74 Å². The molecule has 2 nitrogen and oxygen atoms in total. The second-order valence-electron chi connectivity index (χ2n) is 5.52. The zero-order valence-electron chi connectivity index (χ0n) is 13.1. The van der Waals surface area contributed by atoms with Gasteiger partial charge in [-0.25, -0.2) is 0 Å². The molecule has 0 heterocycles. The molecule has 2 rings (SSSR count). The summed E-state index contributed by atoms with van der Waals surface area (Å²) in [5.74, 6) is 0.975. The van der Waals surface area contributed by atoms with Crippen molar-refractivity contribution >= 4 is 0 Å². The molecule has 0 aliphatic carbocycles. The minimum atomic E-state index is -1.09. The van der Waals surface area contributed by atoms with Gasteiger partial charge in [0.2, 0.25) is 0 Å². The van der Waals surface area contributed by atoms with Gasteiger partial charge in [0.1, 0.15) is 11.4 Å². The second-order valence-corrected chi connectivity index (χ2v) is 5.52. The molecular weight excluding hydrogens is 272 g/mol. The van der Waals surface area contributed by atoms with Crippen molar-refractivity contribution in [1.29, 1.82) is 0 Å². The van der Waals surface area contributed by atoms with Crippen LogP contribution in [0.5, 0.6) is 5.75 Å². The van der Waals surface area contributed by atoms with Crippen LogP contribution < -0.4 is 4.74 Å². The minimum Gasteiger partial charge on any atom is -0.497 e. The summed E-state index contributed by atoms with van der Waals surface area (Å²) in [5, 5.41) is 11.1. The van der Waals surface area contributed by atoms with Crippen LogP contribution >= 0.6 is 0 Å². The first-order valence-electron chi connectivity index (χ1n) is 7.38. The van der Waals surface area contributed by atoms with Crippen molar-refractivity contribution in [1.82, 2.24) is 0 Å². The molecule has 0 amide bonds. The van der Waals surface area contributed by atoms with Crippen LogP contribution in [0.1, 0.15) is 30.4 Å². The Kier molecular flexibility index (Phi) is 5.21. The average molecular weight is 294 g/mol. The molecule has 0 spiro atoms. The quantitative estimate of drug-likeness (QED) is 0.799. The smallest absolute Gasteiger partial charge is 0.118 e. The van der Waals surface area contributed by atoms with Crippen molar-refractivity contribution < 1.29 is 9.84 Å². The van der Waals surface area contributed by atoms with Crippen LogP contribution in [0.3, 0.4) is 0 Å². The van der Waals surface area contributed by atoms with Gasteiger partial charge in [0.05, 0.1) is 7.11 Å². The number of rotatable bonds is 6. The summed E-state index contributed by atoms with van der Waals surface area (Å²) in [5.41, 5.74) is 3.66. The highest BCUT2D eigenvalue weighted by Gasteiger charge is 2.29. The largest absolute Gasteiger partial charge is 0.497 e. The van der Waals surface area contributed by atoms with E-state index in [2.05, 4.69) is 31.4 Å². The third kappa shape index (κ3) is 3.67. The molecule has 0 aliphatic heterocycles. The molecule has 0 fully saturated rings. The maximum absolute atomic E-state index is 11.1. The normalized spacial score (nSPS) is 14.5. The van der Waals surface area contributed by atoms with E-state index < -0.39 is 5.60 Å². The van der Waals surface area contributed by atoms with Gasteiger partial charge in [-0.15, -0.1) is 5.73 Å². The third-order valence-corrected chi connectivity index (χ3v) is 3.92. The molecular formula is C20H22O2. The van der Waals surface area contributed by atoms with Gasteiger partial charge in [0.25, 0.3) is 0 Å². The highest BCUT2D eigenvalue weighted by Crippen LogP contribution is 2.35. The molecule has 2 atom stereocenters. The molecule has 2 heteroatoms. The van der Waals surface area contributed by atoms with E-state index in [9.17, 15) is 5.11 Å². The van der Waals surface area contributed by atoms with Crippen molar-refractivity contribution in [2.24, 2.45) is 0 Å². The van der Waals surface area contributed by atoms with Crippen LogP contribution in [0.25, 0.3) is 0 Å². The van der Waals surface area contributed by atoms with Gasteiger partial charge >= 0.3 is 0 Å². The maximum Gasteiger partial charge on any atom is 0.118 e. The predicted octanol–water partition coefficient (Wildman–Crippen LogP) is 4.42. The second kappa shape index (κ2) is 7.13. The Morgan fingerprint density at radius 2 is 1.82 bits per heavy atom. The van der Waals surface area contributed by atoms with Gasteiger partial charge in [-0.3, -0.25) is 0 Å². The van der Waals surface area contributed by atoms with Crippen molar-refractivity contribution in [2.45, 2.75) is 24.9 Å². The predicted molar refractivity (Wildman–Crippen MR) is 90.1 cm³/mol. The lowest BCUT2D eigenvalue weighted by atomic mass is 9.82. The molecule has 0 radical (unpaired) electrons. The summed E-state index contributed by atoms with van der Waals surface area (Å²) >= 11 is 0. The van der Waals surface area contributed by atoms with E-state index in [0.29, 0.717) is 6.42 Å². The van der Waals surface area contributed by atoms with E-state index in [1.807, 2.05) is 42.5 Å². The molecule has 0 saturated heterocycles. The van der Waals surface area contributed by atoms with E-state index in [1.54, 1.807) is 13.2 Å². The number of ether oxygens (including phenoxy) is 1. The molecule has 2 aromatic rings. The number of aliphatic hydroxyl groups is 1. The molecule has 114 valence electrons. The summed E-state index contributed by atoms with van der Waals surface area (Å²) in [6.45, 7) is 5.73. The highest BCUT2D eigenvalue weighted by molar-refractivity contribution is 5.34. The molecule has 1 N–H and O–H groups in total. The van der Waals surface area contributed by atoms with Gasteiger partial charge in [0.15, 0.2) is 0 Å². The Bertz CT molecular complexity index is 639. The molecule has 2 unspecified atom stereocenters. The first-order chi connectivity index (χ1) is 10.6. The van der Waals surface area contributed by atoms with Crippen molar-refractivity contribution in [2.75, 3.05) is 7.11 Å². The third-order valence-electron chi connectivity index (χ3n) is 3.92. The number of hydrogen-bond acceptors (Lipinski definition) is 2. The lowest BCUT2D eigenvalue weighted by Gasteiger charge is -2.28. The Balaban J connectivity index is 2.29. The van der Waals surface area contributed by atoms with Crippen LogP contribution in [0.15, 0.2) is 73.0 Å². The Labute approximate surface area is 132 Å². The Hall–Kier alpha value is -2.28. The summed E-state index contributed by atoms with van der Waals surface area (Å²) in [7, 11) is 1.63. The van der Waals surface area contributed by atoms with E-state index >= 15 is 0 Å². The average Bonchev–Trinajstić information content (AvgIpc) is 2.56. The lowest BCUT2D eigenvalue weighted by Crippen LogP contribution is -2.25. The Morgan fingerprint density at radius 1 is 1.18 bits per heavy atom. The summed E-state index contributed by atoms with van der Waals surface area (Å²) in [6, 6.07) is 17.6. The van der Waals surface area contributed by atoms with Gasteiger partial charge in [-0.1, -0.05) is 56.0 Å². The summed E-state index contributed by atoms with van der Waals surface area (Å²) in [4.78, 5) is 0. The topological polar surface area (TPSA) is 29.5 Å². The van der Waals surface area contributed by atoms with Crippen LogP contribution in [-0.2, 0) is 5.60 Å². The molecule has 0 saturated carbocycles. The van der Waals surface area contributed by atoms with Gasteiger partial charge in [-0.05, 0) is 41.7 Å². The van der Waals surface area contributed by atoms with Crippen LogP contribution in [0, 0.1) is 0 Å². The highest BCUT2D eigenvalue weighted by atomic mass is 16.5. The fourth-order valence-electron chi connectivity index (χ4n) is 2.67. The van der Waals surface area contributed by atoms with E-state index in [0.717, 1.165) is 11.3 Å². The van der Waals surface area contributed by atoms with Crippen molar-refractivity contribution in [3.05, 3.63) is 84.1 Å². The first kappa shape index (κ1) is 16.1. The minimum absolute atomic E-state index is 0.206. The zero-order chi connectivity index (χ0) is 16.0. The fourth-order valence-corrected chi connectivity index (χ4v) is 2.67. The molecule has 22 heavy (non-hydrogen) atoms. The molecule has 2 aromatic carbocycles. The Morgan fingerprint density at radius 3 is 2.36 bits per heavy atom. The lowest BCUT2D eigenvalue weighted by molar-refractivity contribution is 0.0731. The van der Waals surface area contributed by atoms with Crippen LogP contribution in [-0.4, -0.2) is 12.2 Å². The number of hydrogen-bond donors (Lipinski definition) is 1. The van der Waals surface area contributed by atoms with Crippen LogP contribution in [0.2, 0.25) is 0 Å². The SMILES string of the molecule is C=C=CC(O)(CC(C)c1ccccc1)c1ccc(OC)cc1. The van der Waals surface area contributed by atoms with Crippen LogP contribution in [0.4, 0.5) is 0 Å². The monoisotopic (exact) mass is 294 g/mol. The summed E-state index contributed by atoms with van der Waals surface area (Å²) in [6.07, 6.45) is 2.19. The van der Waals surface area contributed by atoms with E-state index in [1.165, 1.54) is 5.56 Å². The molecule has 0 aromatic heterocycles. The van der Waals surface area contributed by atoms with Crippen molar-refractivity contribution in [3.8, 4) is 5.75 Å². The van der Waals surface area contributed by atoms with Crippen molar-refractivity contribution in [3.63, 3.8) is 0 Å². The number of benzene rings is 2. The standard InChI is InChI=1S/C20H22O2/c1-4-14-20(21,18-10-12-19(22-3)13-11-18)15-16(2)17-8-6-5-7-9-17/h5-14,16,21H,1,15H2,2-3H3. The van der Waals surface area contributed by atoms with E-state index in [-0.39, 0.29) is 5.92 Å². The summed E-state index contributed by atoms with van der Waals surface area (Å²) < 4.78 is 5.17. The first-order valence-corrected chi connectivity index (χ1v) is 7.38. The zero-order valence-corrected chi connectivity index (χ0v) is 13.1. The fraction of sp³-hybridized carbons (Fsp3) is 0.250. The molecule has 0 bridgehead atoms.